The highest BCUT2D eigenvalue weighted by Gasteiger charge is 2.49. The van der Waals surface area contributed by atoms with Crippen LogP contribution in [-0.2, 0) is 17.8 Å². The number of anilines is 1. The summed E-state index contributed by atoms with van der Waals surface area (Å²) in [5.41, 5.74) is 3.61. The number of amides is 1. The second-order valence-electron chi connectivity index (χ2n) is 14.9. The number of aromatic nitrogens is 5. The molecule has 2 bridgehead atoms. The smallest absolute Gasteiger partial charge is 0.222 e. The number of hydrogen-bond acceptors (Lipinski definition) is 8. The first-order chi connectivity index (χ1) is 24.7. The van der Waals surface area contributed by atoms with Crippen molar-refractivity contribution in [1.82, 2.24) is 39.4 Å². The van der Waals surface area contributed by atoms with Gasteiger partial charge < -0.3 is 29.7 Å². The quantitative estimate of drug-likeness (QED) is 0.224. The van der Waals surface area contributed by atoms with Crippen LogP contribution in [0, 0.1) is 11.7 Å². The number of likely N-dealkylation sites (N-methyl/N-ethyl adjacent to an activating group) is 1. The van der Waals surface area contributed by atoms with Gasteiger partial charge in [0.1, 0.15) is 22.6 Å². The summed E-state index contributed by atoms with van der Waals surface area (Å²) in [5.74, 6) is 1.59. The van der Waals surface area contributed by atoms with Gasteiger partial charge in [-0.15, -0.1) is 0 Å². The minimum atomic E-state index is -0.440. The van der Waals surface area contributed by atoms with Crippen LogP contribution in [-0.4, -0.2) is 105 Å². The Bertz CT molecular complexity index is 2310. The number of phenolic OH excluding ortho intramolecular Hbond substituents is 1. The van der Waals surface area contributed by atoms with Crippen LogP contribution < -0.4 is 10.2 Å². The molecule has 0 radical (unpaired) electrons. The van der Waals surface area contributed by atoms with Crippen molar-refractivity contribution < 1.29 is 14.3 Å². The van der Waals surface area contributed by atoms with E-state index in [4.69, 9.17) is 9.97 Å². The molecular weight excluding hydrogens is 645 g/mol. The van der Waals surface area contributed by atoms with Gasteiger partial charge in [0, 0.05) is 82.0 Å². The van der Waals surface area contributed by atoms with Gasteiger partial charge in [0.25, 0.3) is 0 Å². The number of rotatable bonds is 9. The summed E-state index contributed by atoms with van der Waals surface area (Å²) in [6.07, 6.45) is 5.47. The maximum atomic E-state index is 17.9. The first kappa shape index (κ1) is 31.9. The molecule has 3 atom stereocenters. The lowest BCUT2D eigenvalue weighted by molar-refractivity contribution is -0.128. The number of pyridine rings is 1. The number of imidazole rings is 1. The number of halogens is 1. The molecular formula is C39H42FN9O2. The summed E-state index contributed by atoms with van der Waals surface area (Å²) in [6.45, 7) is 2.74. The zero-order valence-electron chi connectivity index (χ0n) is 29.3. The minimum absolute atomic E-state index is 0.0404. The lowest BCUT2D eigenvalue weighted by Gasteiger charge is -2.43. The minimum Gasteiger partial charge on any atom is -0.508 e. The van der Waals surface area contributed by atoms with Gasteiger partial charge in [-0.05, 0) is 72.6 Å². The average molecular weight is 688 g/mol. The van der Waals surface area contributed by atoms with Gasteiger partial charge in [-0.25, -0.2) is 14.4 Å². The number of hydrogen-bond donors (Lipinski definition) is 2. The highest BCUT2D eigenvalue weighted by atomic mass is 19.1. The number of aromatic hydroxyl groups is 1. The number of nitrogens with zero attached hydrogens (tertiary/aromatic N) is 8. The Morgan fingerprint density at radius 3 is 2.57 bits per heavy atom. The zero-order valence-corrected chi connectivity index (χ0v) is 29.3. The van der Waals surface area contributed by atoms with Crippen LogP contribution in [0.25, 0.3) is 43.8 Å². The molecule has 3 aliphatic heterocycles. The fourth-order valence-corrected chi connectivity index (χ4v) is 8.47. The van der Waals surface area contributed by atoms with Gasteiger partial charge in [0.15, 0.2) is 11.6 Å². The normalized spacial score (nSPS) is 20.1. The Morgan fingerprint density at radius 2 is 1.86 bits per heavy atom. The van der Waals surface area contributed by atoms with Crippen LogP contribution in [0.4, 0.5) is 10.2 Å². The number of benzene rings is 3. The van der Waals surface area contributed by atoms with Gasteiger partial charge in [-0.1, -0.05) is 24.3 Å². The van der Waals surface area contributed by atoms with Crippen LogP contribution in [0.3, 0.4) is 0 Å². The van der Waals surface area contributed by atoms with E-state index in [0.717, 1.165) is 59.2 Å². The molecule has 0 spiro atoms. The van der Waals surface area contributed by atoms with Crippen molar-refractivity contribution in [2.75, 3.05) is 52.7 Å². The van der Waals surface area contributed by atoms with Crippen LogP contribution in [0.5, 0.6) is 5.75 Å². The Kier molecular flexibility index (Phi) is 7.51. The standard InChI is InChI=1S/C39H42FN9O2/c1-45(2)25-20-47(21-25)39-36-38(49(37-23-16-30(37)41-18-23)31(43-36)10-11-32(51)46(3)4)29-15-24(19-48-13-7-12-42-48)33(34(40)35(29)44-39)28-17-26(50)14-22-8-5-6-9-27(22)28/h5-9,12-15,17,23,25,30,37,41,50H,10-11,16,18-21H2,1-4H3. The zero-order chi connectivity index (χ0) is 35.1. The van der Waals surface area contributed by atoms with Crippen molar-refractivity contribution in [2.45, 2.75) is 43.9 Å². The third-order valence-corrected chi connectivity index (χ3v) is 11.3. The highest BCUT2D eigenvalue weighted by Crippen LogP contribution is 2.49. The second-order valence-corrected chi connectivity index (χ2v) is 14.9. The van der Waals surface area contributed by atoms with Crippen molar-refractivity contribution in [3.05, 3.63) is 78.1 Å². The summed E-state index contributed by atoms with van der Waals surface area (Å²) < 4.78 is 22.0. The average Bonchev–Trinajstić information content (AvgIpc) is 3.89. The summed E-state index contributed by atoms with van der Waals surface area (Å²) in [4.78, 5) is 29.4. The van der Waals surface area contributed by atoms with Crippen molar-refractivity contribution in [2.24, 2.45) is 5.92 Å². The van der Waals surface area contributed by atoms with E-state index in [0.29, 0.717) is 53.7 Å². The van der Waals surface area contributed by atoms with E-state index >= 15 is 4.39 Å². The molecule has 3 aromatic carbocycles. The van der Waals surface area contributed by atoms with Crippen molar-refractivity contribution >= 4 is 44.4 Å². The Morgan fingerprint density at radius 1 is 1.04 bits per heavy atom. The van der Waals surface area contributed by atoms with Gasteiger partial charge >= 0.3 is 0 Å². The molecule has 3 aromatic heterocycles. The molecule has 2 N–H and O–H groups in total. The fraction of sp³-hybridized carbons (Fsp3) is 0.385. The maximum Gasteiger partial charge on any atom is 0.222 e. The predicted octanol–water partition coefficient (Wildman–Crippen LogP) is 4.80. The van der Waals surface area contributed by atoms with Gasteiger partial charge in [0.2, 0.25) is 5.91 Å². The molecule has 262 valence electrons. The number of nitrogens with one attached hydrogen (secondary N) is 1. The molecule has 51 heavy (non-hydrogen) atoms. The number of aryl methyl sites for hydroxylation is 1. The molecule has 1 aliphatic carbocycles. The molecule has 4 fully saturated rings. The SMILES string of the molecule is CN(C)C(=O)CCc1nc2c(N3CC(N(C)C)C3)nc3c(F)c(-c4cc(O)cc5ccccc45)c(Cn4cccn4)cc3c2n1C1C2CNC1C2. The number of carbonyl (C=O) groups excluding carboxylic acids is 1. The lowest BCUT2D eigenvalue weighted by Crippen LogP contribution is -2.57. The van der Waals surface area contributed by atoms with Crippen molar-refractivity contribution in [3.63, 3.8) is 0 Å². The molecule has 11 nitrogen and oxygen atoms in total. The molecule has 1 amide bonds. The van der Waals surface area contributed by atoms with Crippen LogP contribution in [0.15, 0.2) is 60.9 Å². The maximum absolute atomic E-state index is 17.9. The summed E-state index contributed by atoms with van der Waals surface area (Å²) in [5, 5.41) is 21.4. The molecule has 3 unspecified atom stereocenters. The molecule has 4 aliphatic rings. The highest BCUT2D eigenvalue weighted by molar-refractivity contribution is 6.10. The van der Waals surface area contributed by atoms with Crippen molar-refractivity contribution in [1.29, 1.82) is 0 Å². The summed E-state index contributed by atoms with van der Waals surface area (Å²) in [6, 6.07) is 15.8. The molecule has 6 heterocycles. The van der Waals surface area contributed by atoms with E-state index in [1.165, 1.54) is 0 Å². The fourth-order valence-electron chi connectivity index (χ4n) is 8.47. The van der Waals surface area contributed by atoms with Crippen LogP contribution >= 0.6 is 0 Å². The molecule has 3 saturated heterocycles. The van der Waals surface area contributed by atoms with E-state index in [9.17, 15) is 9.90 Å². The first-order valence-corrected chi connectivity index (χ1v) is 17.8. The predicted molar refractivity (Wildman–Crippen MR) is 197 cm³/mol. The van der Waals surface area contributed by atoms with Crippen LogP contribution in [0.2, 0.25) is 0 Å². The largest absolute Gasteiger partial charge is 0.508 e. The number of fused-ring (bicyclic) bond motifs is 5. The third kappa shape index (κ3) is 5.14. The number of carbonyl (C=O) groups is 1. The second kappa shape index (κ2) is 12.0. The van der Waals surface area contributed by atoms with E-state index in [1.54, 1.807) is 42.0 Å². The van der Waals surface area contributed by atoms with Crippen LogP contribution in [0.1, 0.15) is 30.3 Å². The number of phenols is 1. The molecule has 1 saturated carbocycles. The Labute approximate surface area is 295 Å². The summed E-state index contributed by atoms with van der Waals surface area (Å²) >= 11 is 0. The van der Waals surface area contributed by atoms with Gasteiger partial charge in [-0.2, -0.15) is 5.10 Å². The first-order valence-electron chi connectivity index (χ1n) is 17.8. The van der Waals surface area contributed by atoms with Gasteiger partial charge in [-0.3, -0.25) is 9.48 Å². The van der Waals surface area contributed by atoms with E-state index in [-0.39, 0.29) is 29.3 Å². The Hall–Kier alpha value is -5.07. The monoisotopic (exact) mass is 687 g/mol. The molecule has 10 rings (SSSR count). The molecule has 12 heteroatoms. The van der Waals surface area contributed by atoms with E-state index in [1.807, 2.05) is 36.5 Å². The molecule has 6 aromatic rings. The Balaban J connectivity index is 1.35. The summed E-state index contributed by atoms with van der Waals surface area (Å²) in [7, 11) is 7.70. The van der Waals surface area contributed by atoms with E-state index < -0.39 is 5.82 Å². The van der Waals surface area contributed by atoms with E-state index in [2.05, 4.69) is 44.9 Å². The lowest BCUT2D eigenvalue weighted by atomic mass is 9.79. The van der Waals surface area contributed by atoms with Crippen molar-refractivity contribution in [3.8, 4) is 16.9 Å². The van der Waals surface area contributed by atoms with Gasteiger partial charge in [0.05, 0.1) is 18.1 Å². The third-order valence-electron chi connectivity index (χ3n) is 11.3. The topological polar surface area (TPSA) is 108 Å².